The average Bonchev–Trinajstić information content (AvgIpc) is 3.48. The quantitative estimate of drug-likeness (QED) is 0.183. The second-order valence-corrected chi connectivity index (χ2v) is 11.6. The highest BCUT2D eigenvalue weighted by Crippen LogP contribution is 2.32. The lowest BCUT2D eigenvalue weighted by molar-refractivity contribution is 0.0589. The highest BCUT2D eigenvalue weighted by Gasteiger charge is 2.47. The fourth-order valence-corrected chi connectivity index (χ4v) is 6.32. The van der Waals surface area contributed by atoms with E-state index in [1.807, 2.05) is 31.2 Å². The van der Waals surface area contributed by atoms with E-state index in [2.05, 4.69) is 5.10 Å². The summed E-state index contributed by atoms with van der Waals surface area (Å²) >= 11 is 5.61. The zero-order valence-electron chi connectivity index (χ0n) is 22.1. The summed E-state index contributed by atoms with van der Waals surface area (Å²) < 4.78 is 39.8. The molecule has 11 heteroatoms. The minimum atomic E-state index is -4.13. The number of ketones is 1. The summed E-state index contributed by atoms with van der Waals surface area (Å²) in [5.74, 6) is -0.130. The van der Waals surface area contributed by atoms with Gasteiger partial charge in [-0.1, -0.05) is 77.7 Å². The van der Waals surface area contributed by atoms with Crippen LogP contribution in [0.4, 0.5) is 5.95 Å². The Balaban J connectivity index is 1.63. The van der Waals surface area contributed by atoms with Crippen molar-refractivity contribution in [1.29, 1.82) is 0 Å². The molecule has 5 rings (SSSR count). The van der Waals surface area contributed by atoms with Gasteiger partial charge < -0.3 is 9.47 Å². The number of thiocarbonyl (C=S) groups is 1. The molecule has 1 fully saturated rings. The molecule has 3 aromatic carbocycles. The van der Waals surface area contributed by atoms with Crippen molar-refractivity contribution in [3.05, 3.63) is 107 Å². The summed E-state index contributed by atoms with van der Waals surface area (Å²) in [4.78, 5) is 18.0. The molecule has 1 atom stereocenters. The van der Waals surface area contributed by atoms with Crippen LogP contribution in [-0.4, -0.2) is 67.0 Å². The molecule has 0 aliphatic carbocycles. The Kier molecular flexibility index (Phi) is 7.90. The topological polar surface area (TPSA) is 100 Å². The van der Waals surface area contributed by atoms with Crippen molar-refractivity contribution in [2.75, 3.05) is 33.4 Å². The van der Waals surface area contributed by atoms with Crippen LogP contribution in [0, 0.1) is 0 Å². The van der Waals surface area contributed by atoms with E-state index < -0.39 is 15.9 Å². The SMILES string of the molecule is COC(=S)[N+]1(c2nc(C(C)c3cccc(C(=O)c4ccccc4)c3)nn2S(=O)(=O)c2ccccc2)CCOCC1. The van der Waals surface area contributed by atoms with Crippen LogP contribution in [-0.2, 0) is 19.5 Å². The highest BCUT2D eigenvalue weighted by atomic mass is 32.2. The molecule has 0 spiro atoms. The first-order chi connectivity index (χ1) is 19.3. The second kappa shape index (κ2) is 11.4. The van der Waals surface area contributed by atoms with Crippen LogP contribution < -0.4 is 4.48 Å². The number of rotatable bonds is 7. The number of aromatic nitrogens is 3. The van der Waals surface area contributed by atoms with E-state index >= 15 is 0 Å². The Labute approximate surface area is 238 Å². The molecule has 4 aromatic rings. The smallest absolute Gasteiger partial charge is 0.370 e. The van der Waals surface area contributed by atoms with Crippen LogP contribution in [0.3, 0.4) is 0 Å². The summed E-state index contributed by atoms with van der Waals surface area (Å²) in [5, 5.41) is 4.74. The summed E-state index contributed by atoms with van der Waals surface area (Å²) in [6.07, 6.45) is 0. The Morgan fingerprint density at radius 1 is 0.975 bits per heavy atom. The molecule has 40 heavy (non-hydrogen) atoms. The molecule has 0 saturated carbocycles. The molecule has 0 N–H and O–H groups in total. The Morgan fingerprint density at radius 3 is 2.25 bits per heavy atom. The number of quaternary nitrogens is 1. The van der Waals surface area contributed by atoms with Crippen LogP contribution >= 0.6 is 12.2 Å². The number of carbonyl (C=O) groups excluding carboxylic acids is 1. The minimum Gasteiger partial charge on any atom is -0.446 e. The van der Waals surface area contributed by atoms with E-state index in [-0.39, 0.29) is 32.1 Å². The van der Waals surface area contributed by atoms with Crippen LogP contribution in [0.5, 0.6) is 0 Å². The van der Waals surface area contributed by atoms with E-state index in [1.165, 1.54) is 19.2 Å². The number of carbonyl (C=O) groups is 1. The van der Waals surface area contributed by atoms with E-state index in [0.717, 1.165) is 9.65 Å². The number of ether oxygens (including phenoxy) is 2. The first-order valence-corrected chi connectivity index (χ1v) is 14.6. The van der Waals surface area contributed by atoms with Crippen LogP contribution in [0.25, 0.3) is 0 Å². The van der Waals surface area contributed by atoms with Crippen molar-refractivity contribution in [2.24, 2.45) is 0 Å². The van der Waals surface area contributed by atoms with Gasteiger partial charge >= 0.3 is 11.1 Å². The zero-order chi connectivity index (χ0) is 28.3. The zero-order valence-corrected chi connectivity index (χ0v) is 23.8. The standard InChI is InChI=1S/C29H29N4O5S2/c1-21(23-12-9-13-24(20-23)26(34)22-10-5-3-6-11-22)27-30-28(33(29(39)37-2)16-18-38-19-17-33)32(31-27)40(35,36)25-14-7-4-8-15-25/h3-15,20-21H,16-19H2,1-2H3/q+1. The van der Waals surface area contributed by atoms with Gasteiger partial charge in [0.15, 0.2) is 11.6 Å². The predicted molar refractivity (Wildman–Crippen MR) is 155 cm³/mol. The largest absolute Gasteiger partial charge is 0.446 e. The van der Waals surface area contributed by atoms with Crippen LogP contribution in [0.1, 0.15) is 40.2 Å². The second-order valence-electron chi connectivity index (χ2n) is 9.47. The molecular weight excluding hydrogens is 548 g/mol. The fraction of sp³-hybridized carbons (Fsp3) is 0.241. The van der Waals surface area contributed by atoms with Gasteiger partial charge in [0.1, 0.15) is 13.1 Å². The van der Waals surface area contributed by atoms with Gasteiger partial charge in [0, 0.05) is 29.3 Å². The number of hydrogen-bond donors (Lipinski definition) is 0. The summed E-state index contributed by atoms with van der Waals surface area (Å²) in [7, 11) is -2.67. The maximum Gasteiger partial charge on any atom is 0.370 e. The first kappa shape index (κ1) is 27.8. The molecule has 0 amide bonds. The number of benzene rings is 3. The monoisotopic (exact) mass is 577 g/mol. The molecule has 0 radical (unpaired) electrons. The van der Waals surface area contributed by atoms with Gasteiger partial charge in [-0.3, -0.25) is 4.79 Å². The minimum absolute atomic E-state index is 0.0746. The number of hydrogen-bond acceptors (Lipinski definition) is 8. The molecule has 0 bridgehead atoms. The van der Waals surface area contributed by atoms with Gasteiger partial charge in [-0.15, -0.1) is 5.10 Å². The normalized spacial score (nSPS) is 15.8. The van der Waals surface area contributed by atoms with E-state index in [9.17, 15) is 13.2 Å². The van der Waals surface area contributed by atoms with Crippen molar-refractivity contribution in [1.82, 2.24) is 18.7 Å². The van der Waals surface area contributed by atoms with Gasteiger partial charge in [0.25, 0.3) is 10.0 Å². The third kappa shape index (κ3) is 5.08. The summed E-state index contributed by atoms with van der Waals surface area (Å²) in [6, 6.07) is 24.3. The molecule has 1 saturated heterocycles. The van der Waals surface area contributed by atoms with Crippen molar-refractivity contribution in [2.45, 2.75) is 17.7 Å². The van der Waals surface area contributed by atoms with Gasteiger partial charge in [-0.25, -0.2) is 0 Å². The lowest BCUT2D eigenvalue weighted by atomic mass is 9.95. The van der Waals surface area contributed by atoms with E-state index in [1.54, 1.807) is 48.5 Å². The fourth-order valence-electron chi connectivity index (χ4n) is 4.75. The molecule has 1 aromatic heterocycles. The third-order valence-corrected chi connectivity index (χ3v) is 9.15. The summed E-state index contributed by atoms with van der Waals surface area (Å²) in [5.41, 5.74) is 1.87. The first-order valence-electron chi connectivity index (χ1n) is 12.8. The average molecular weight is 578 g/mol. The predicted octanol–water partition coefficient (Wildman–Crippen LogP) is 4.17. The van der Waals surface area contributed by atoms with Gasteiger partial charge in [0.2, 0.25) is 0 Å². The van der Waals surface area contributed by atoms with Crippen molar-refractivity contribution in [3.63, 3.8) is 0 Å². The van der Waals surface area contributed by atoms with E-state index in [0.29, 0.717) is 37.4 Å². The molecule has 1 aliphatic rings. The molecule has 1 unspecified atom stereocenters. The summed E-state index contributed by atoms with van der Waals surface area (Å²) in [6.45, 7) is 3.24. The van der Waals surface area contributed by atoms with Crippen LogP contribution in [0.15, 0.2) is 89.8 Å². The Bertz CT molecular complexity index is 1630. The van der Waals surface area contributed by atoms with Gasteiger partial charge in [-0.2, -0.15) is 17.9 Å². The maximum absolute atomic E-state index is 13.9. The molecular formula is C29H29N4O5S2+. The molecule has 2 heterocycles. The number of nitrogens with zero attached hydrogens (tertiary/aromatic N) is 4. The lowest BCUT2D eigenvalue weighted by Crippen LogP contribution is -2.61. The Morgan fingerprint density at radius 2 is 1.60 bits per heavy atom. The number of morpholine rings is 1. The van der Waals surface area contributed by atoms with Crippen molar-refractivity contribution >= 4 is 39.1 Å². The molecule has 9 nitrogen and oxygen atoms in total. The van der Waals surface area contributed by atoms with Crippen molar-refractivity contribution < 1.29 is 22.7 Å². The highest BCUT2D eigenvalue weighted by molar-refractivity contribution is 7.90. The van der Waals surface area contributed by atoms with E-state index in [4.69, 9.17) is 26.7 Å². The maximum atomic E-state index is 13.9. The van der Waals surface area contributed by atoms with Crippen molar-refractivity contribution in [3.8, 4) is 0 Å². The molecule has 206 valence electrons. The molecule has 1 aliphatic heterocycles. The van der Waals surface area contributed by atoms with Gasteiger partial charge in [-0.05, 0) is 23.8 Å². The number of methoxy groups -OCH3 is 1. The Hall–Kier alpha value is -3.77. The third-order valence-electron chi connectivity index (χ3n) is 7.06. The van der Waals surface area contributed by atoms with Gasteiger partial charge in [0.05, 0.1) is 25.2 Å². The lowest BCUT2D eigenvalue weighted by Gasteiger charge is -2.36. The van der Waals surface area contributed by atoms with Crippen LogP contribution in [0.2, 0.25) is 0 Å².